The fourth-order valence-electron chi connectivity index (χ4n) is 2.39. The molecule has 1 nitrogen and oxygen atoms in total. The van der Waals surface area contributed by atoms with Gasteiger partial charge in [-0.05, 0) is 11.8 Å². The van der Waals surface area contributed by atoms with Crippen LogP contribution in [0.15, 0.2) is 24.3 Å². The largest absolute Gasteiger partial charge is 0.388 e. The zero-order chi connectivity index (χ0) is 10.1. The Bertz CT molecular complexity index is 215. The first kappa shape index (κ1) is 10.5. The van der Waals surface area contributed by atoms with Gasteiger partial charge in [0.25, 0.3) is 0 Å². The second kappa shape index (κ2) is 3.67. The Labute approximate surface area is 81.2 Å². The van der Waals surface area contributed by atoms with E-state index >= 15 is 0 Å². The van der Waals surface area contributed by atoms with Crippen LogP contribution in [0.5, 0.6) is 0 Å². The standard InChI is InChI=1S/C12H20O/c1-9(2)12(10(3)4)8-6-5-7-11(12)13/h5-11,13H,1-4H3. The van der Waals surface area contributed by atoms with Gasteiger partial charge in [0.15, 0.2) is 0 Å². The maximum atomic E-state index is 10.0. The van der Waals surface area contributed by atoms with Crippen molar-refractivity contribution in [3.63, 3.8) is 0 Å². The van der Waals surface area contributed by atoms with Crippen molar-refractivity contribution >= 4 is 0 Å². The lowest BCUT2D eigenvalue weighted by molar-refractivity contribution is 0.0226. The van der Waals surface area contributed by atoms with Crippen LogP contribution in [0.25, 0.3) is 0 Å². The molecule has 0 radical (unpaired) electrons. The summed E-state index contributed by atoms with van der Waals surface area (Å²) in [5.41, 5.74) is -0.0747. The van der Waals surface area contributed by atoms with Gasteiger partial charge in [0.2, 0.25) is 0 Å². The summed E-state index contributed by atoms with van der Waals surface area (Å²) >= 11 is 0. The smallest absolute Gasteiger partial charge is 0.0819 e. The average molecular weight is 180 g/mol. The molecule has 0 amide bonds. The van der Waals surface area contributed by atoms with Crippen LogP contribution in [0.1, 0.15) is 27.7 Å². The summed E-state index contributed by atoms with van der Waals surface area (Å²) in [4.78, 5) is 0. The van der Waals surface area contributed by atoms with Crippen molar-refractivity contribution in [2.75, 3.05) is 0 Å². The first-order valence-corrected chi connectivity index (χ1v) is 5.06. The molecule has 0 fully saturated rings. The molecular weight excluding hydrogens is 160 g/mol. The predicted octanol–water partition coefficient (Wildman–Crippen LogP) is 2.77. The van der Waals surface area contributed by atoms with E-state index in [1.807, 2.05) is 18.2 Å². The molecule has 0 aromatic rings. The van der Waals surface area contributed by atoms with E-state index < -0.39 is 0 Å². The highest BCUT2D eigenvalue weighted by molar-refractivity contribution is 5.22. The Morgan fingerprint density at radius 2 is 1.62 bits per heavy atom. The molecule has 1 aliphatic carbocycles. The highest BCUT2D eigenvalue weighted by Gasteiger charge is 2.40. The number of aliphatic hydroxyl groups is 1. The van der Waals surface area contributed by atoms with Crippen LogP contribution in [-0.4, -0.2) is 11.2 Å². The quantitative estimate of drug-likeness (QED) is 0.692. The van der Waals surface area contributed by atoms with Crippen LogP contribution >= 0.6 is 0 Å². The molecule has 1 N–H and O–H groups in total. The number of hydrogen-bond donors (Lipinski definition) is 1. The zero-order valence-electron chi connectivity index (χ0n) is 8.99. The van der Waals surface area contributed by atoms with Crippen molar-refractivity contribution in [1.29, 1.82) is 0 Å². The van der Waals surface area contributed by atoms with Gasteiger partial charge in [0.05, 0.1) is 6.10 Å². The number of aliphatic hydroxyl groups excluding tert-OH is 1. The summed E-state index contributed by atoms with van der Waals surface area (Å²) < 4.78 is 0. The molecule has 1 unspecified atom stereocenters. The van der Waals surface area contributed by atoms with Crippen LogP contribution in [0.2, 0.25) is 0 Å². The maximum Gasteiger partial charge on any atom is 0.0819 e. The Morgan fingerprint density at radius 3 is 1.92 bits per heavy atom. The van der Waals surface area contributed by atoms with Crippen molar-refractivity contribution < 1.29 is 5.11 Å². The molecule has 0 aliphatic heterocycles. The van der Waals surface area contributed by atoms with E-state index in [9.17, 15) is 5.11 Å². The van der Waals surface area contributed by atoms with Gasteiger partial charge in [-0.3, -0.25) is 0 Å². The summed E-state index contributed by atoms with van der Waals surface area (Å²) in [6.45, 7) is 8.69. The summed E-state index contributed by atoms with van der Waals surface area (Å²) in [5.74, 6) is 0.924. The summed E-state index contributed by atoms with van der Waals surface area (Å²) in [7, 11) is 0. The Kier molecular flexibility index (Phi) is 2.97. The Balaban J connectivity index is 3.03. The topological polar surface area (TPSA) is 20.2 Å². The van der Waals surface area contributed by atoms with Crippen molar-refractivity contribution in [2.45, 2.75) is 33.8 Å². The van der Waals surface area contributed by atoms with Gasteiger partial charge in [-0.2, -0.15) is 0 Å². The van der Waals surface area contributed by atoms with Crippen molar-refractivity contribution in [2.24, 2.45) is 17.3 Å². The van der Waals surface area contributed by atoms with E-state index in [1.165, 1.54) is 0 Å². The van der Waals surface area contributed by atoms with Gasteiger partial charge in [-0.25, -0.2) is 0 Å². The molecule has 1 aliphatic rings. The van der Waals surface area contributed by atoms with Gasteiger partial charge in [0, 0.05) is 5.41 Å². The van der Waals surface area contributed by atoms with Crippen LogP contribution in [0.4, 0.5) is 0 Å². The van der Waals surface area contributed by atoms with Gasteiger partial charge in [-0.1, -0.05) is 52.0 Å². The van der Waals surface area contributed by atoms with E-state index in [0.717, 1.165) is 0 Å². The summed E-state index contributed by atoms with van der Waals surface area (Å²) in [6, 6.07) is 0. The van der Waals surface area contributed by atoms with Crippen LogP contribution in [-0.2, 0) is 0 Å². The summed E-state index contributed by atoms with van der Waals surface area (Å²) in [6.07, 6.45) is 7.69. The molecule has 0 bridgehead atoms. The number of hydrogen-bond acceptors (Lipinski definition) is 1. The molecule has 1 heteroatoms. The minimum Gasteiger partial charge on any atom is -0.388 e. The van der Waals surface area contributed by atoms with Gasteiger partial charge < -0.3 is 5.11 Å². The molecule has 0 saturated carbocycles. The molecule has 1 rings (SSSR count). The van der Waals surface area contributed by atoms with Crippen molar-refractivity contribution in [3.8, 4) is 0 Å². The lowest BCUT2D eigenvalue weighted by Crippen LogP contribution is -2.42. The van der Waals surface area contributed by atoms with Crippen LogP contribution in [0, 0.1) is 17.3 Å². The molecular formula is C12H20O. The van der Waals surface area contributed by atoms with Gasteiger partial charge >= 0.3 is 0 Å². The molecule has 0 aromatic heterocycles. The lowest BCUT2D eigenvalue weighted by Gasteiger charge is -2.43. The Morgan fingerprint density at radius 1 is 1.08 bits per heavy atom. The molecule has 0 spiro atoms. The lowest BCUT2D eigenvalue weighted by atomic mass is 9.64. The Hall–Kier alpha value is -0.560. The predicted molar refractivity (Wildman–Crippen MR) is 56.4 cm³/mol. The third kappa shape index (κ3) is 1.58. The minimum atomic E-state index is -0.336. The second-order valence-electron chi connectivity index (χ2n) is 4.50. The molecule has 0 heterocycles. The van der Waals surface area contributed by atoms with Crippen LogP contribution < -0.4 is 0 Å². The van der Waals surface area contributed by atoms with E-state index in [0.29, 0.717) is 11.8 Å². The zero-order valence-corrected chi connectivity index (χ0v) is 8.99. The normalized spacial score (nSPS) is 25.9. The molecule has 1 atom stereocenters. The van der Waals surface area contributed by atoms with Gasteiger partial charge in [-0.15, -0.1) is 0 Å². The molecule has 0 saturated heterocycles. The second-order valence-corrected chi connectivity index (χ2v) is 4.50. The van der Waals surface area contributed by atoms with E-state index in [4.69, 9.17) is 0 Å². The van der Waals surface area contributed by atoms with Crippen LogP contribution in [0.3, 0.4) is 0 Å². The molecule has 0 aromatic carbocycles. The first-order chi connectivity index (χ1) is 6.01. The van der Waals surface area contributed by atoms with Crippen molar-refractivity contribution in [3.05, 3.63) is 24.3 Å². The van der Waals surface area contributed by atoms with E-state index in [-0.39, 0.29) is 11.5 Å². The van der Waals surface area contributed by atoms with Crippen molar-refractivity contribution in [1.82, 2.24) is 0 Å². The minimum absolute atomic E-state index is 0.0747. The van der Waals surface area contributed by atoms with E-state index in [2.05, 4.69) is 33.8 Å². The first-order valence-electron chi connectivity index (χ1n) is 5.06. The summed E-state index contributed by atoms with van der Waals surface area (Å²) in [5, 5.41) is 10.0. The maximum absolute atomic E-state index is 10.0. The highest BCUT2D eigenvalue weighted by atomic mass is 16.3. The SMILES string of the molecule is CC(C)C1(C(C)C)C=CC=CC1O. The van der Waals surface area contributed by atoms with Gasteiger partial charge in [0.1, 0.15) is 0 Å². The third-order valence-corrected chi connectivity index (χ3v) is 3.30. The number of allylic oxidation sites excluding steroid dienone is 2. The monoisotopic (exact) mass is 180 g/mol. The number of rotatable bonds is 2. The molecule has 74 valence electrons. The third-order valence-electron chi connectivity index (χ3n) is 3.30. The van der Waals surface area contributed by atoms with E-state index in [1.54, 1.807) is 0 Å². The fraction of sp³-hybridized carbons (Fsp3) is 0.667. The molecule has 13 heavy (non-hydrogen) atoms. The highest BCUT2D eigenvalue weighted by Crippen LogP contribution is 2.42. The average Bonchev–Trinajstić information content (AvgIpc) is 2.04. The fourth-order valence-corrected chi connectivity index (χ4v) is 2.39.